The number of nitrogens with one attached hydrogen (secondary N) is 3. The molecule has 2 aromatic carbocycles. The molecule has 0 radical (unpaired) electrons. The van der Waals surface area contributed by atoms with Gasteiger partial charge in [0.05, 0.1) is 17.8 Å². The summed E-state index contributed by atoms with van der Waals surface area (Å²) in [7, 11) is 1.73. The number of allylic oxidation sites excluding steroid dienone is 2. The summed E-state index contributed by atoms with van der Waals surface area (Å²) in [5.41, 5.74) is 3.47. The molecule has 0 amide bonds. The Labute approximate surface area is 238 Å². The minimum atomic E-state index is -0.745. The molecule has 1 fully saturated rings. The van der Waals surface area contributed by atoms with Crippen molar-refractivity contribution in [1.82, 2.24) is 14.5 Å². The zero-order valence-corrected chi connectivity index (χ0v) is 23.5. The third-order valence-corrected chi connectivity index (χ3v) is 7.58. The second-order valence-electron chi connectivity index (χ2n) is 10.4. The van der Waals surface area contributed by atoms with Crippen molar-refractivity contribution in [2.45, 2.75) is 57.7 Å². The molecular weight excluding hydrogens is 517 g/mol. The van der Waals surface area contributed by atoms with Crippen molar-refractivity contribution < 1.29 is 4.39 Å². The Morgan fingerprint density at radius 1 is 1.17 bits per heavy atom. The van der Waals surface area contributed by atoms with Crippen molar-refractivity contribution in [2.24, 2.45) is 17.0 Å². The molecule has 0 saturated heterocycles. The van der Waals surface area contributed by atoms with Crippen LogP contribution in [0, 0.1) is 5.41 Å². The number of benzene rings is 2. The molecule has 1 aromatic heterocycles. The monoisotopic (exact) mass is 553 g/mol. The van der Waals surface area contributed by atoms with Crippen molar-refractivity contribution in [2.75, 3.05) is 5.32 Å². The van der Waals surface area contributed by atoms with E-state index in [-0.39, 0.29) is 28.3 Å². The quantitative estimate of drug-likeness (QED) is 0.276. The van der Waals surface area contributed by atoms with Gasteiger partial charge in [-0.1, -0.05) is 68.3 Å². The van der Waals surface area contributed by atoms with Gasteiger partial charge in [0.1, 0.15) is 16.5 Å². The standard InChI is InChI=1S/C32H36FN7O/c1-4-5-13-25(36-21(2)33)23-18-16-22(17-19-23)20-35-30(37-24-11-7-6-8-12-24)28-29(34)40-27-15-10-9-14-26(27)38-32(40)39(3)31(28)41/h5-8,11-13,16-19,26-27,34-35,37H,2,4,9-10,14-15,20H2,1,3H3/b13-5-,30-28-,34-29?,36-25+/t26-,27+/m1/s1. The second-order valence-corrected chi connectivity index (χ2v) is 10.4. The number of fused-ring (bicyclic) bond motifs is 3. The lowest BCUT2D eigenvalue weighted by Gasteiger charge is -2.25. The molecule has 41 heavy (non-hydrogen) atoms. The number of aromatic nitrogens is 2. The molecule has 1 aliphatic heterocycles. The third-order valence-electron chi connectivity index (χ3n) is 7.58. The summed E-state index contributed by atoms with van der Waals surface area (Å²) in [6, 6.07) is 17.4. The van der Waals surface area contributed by atoms with Gasteiger partial charge in [0.25, 0.3) is 5.56 Å². The number of hydrogen-bond acceptors (Lipinski definition) is 6. The summed E-state index contributed by atoms with van der Waals surface area (Å²) in [4.78, 5) is 22.5. The molecule has 8 nitrogen and oxygen atoms in total. The predicted octanol–water partition coefficient (Wildman–Crippen LogP) is 3.95. The maximum atomic E-state index is 13.7. The molecule has 0 unspecified atom stereocenters. The highest BCUT2D eigenvalue weighted by Crippen LogP contribution is 2.30. The van der Waals surface area contributed by atoms with E-state index in [1.807, 2.05) is 72.2 Å². The van der Waals surface area contributed by atoms with Gasteiger partial charge in [-0.05, 0) is 49.6 Å². The van der Waals surface area contributed by atoms with E-state index in [2.05, 4.69) is 22.2 Å². The lowest BCUT2D eigenvalue weighted by Crippen LogP contribution is -2.59. The average Bonchev–Trinajstić information content (AvgIpc) is 3.38. The summed E-state index contributed by atoms with van der Waals surface area (Å²) in [5, 5.41) is 16.2. The highest BCUT2D eigenvalue weighted by atomic mass is 19.1. The molecule has 2 heterocycles. The van der Waals surface area contributed by atoms with E-state index in [1.165, 1.54) is 0 Å². The Morgan fingerprint density at radius 2 is 1.90 bits per heavy atom. The molecule has 1 saturated carbocycles. The number of hydrogen-bond donors (Lipinski definition) is 3. The van der Waals surface area contributed by atoms with E-state index in [0.29, 0.717) is 23.7 Å². The highest BCUT2D eigenvalue weighted by Gasteiger charge is 2.33. The Morgan fingerprint density at radius 3 is 2.61 bits per heavy atom. The van der Waals surface area contributed by atoms with Crippen molar-refractivity contribution in [3.8, 4) is 0 Å². The van der Waals surface area contributed by atoms with E-state index >= 15 is 0 Å². The summed E-state index contributed by atoms with van der Waals surface area (Å²) in [6.07, 6.45) is 8.64. The number of aliphatic imine (C=N–C) groups is 1. The highest BCUT2D eigenvalue weighted by molar-refractivity contribution is 6.09. The predicted molar refractivity (Wildman–Crippen MR) is 161 cm³/mol. The van der Waals surface area contributed by atoms with Crippen molar-refractivity contribution in [3.05, 3.63) is 117 Å². The van der Waals surface area contributed by atoms with Crippen LogP contribution in [0.3, 0.4) is 0 Å². The lowest BCUT2D eigenvalue weighted by molar-refractivity contribution is 0.321. The average molecular weight is 554 g/mol. The van der Waals surface area contributed by atoms with E-state index in [0.717, 1.165) is 48.9 Å². The number of nitrogens with zero attached hydrogens (tertiary/aromatic N) is 4. The molecule has 9 heteroatoms. The molecule has 0 bridgehead atoms. The zero-order valence-electron chi connectivity index (χ0n) is 23.5. The second kappa shape index (κ2) is 12.3. The number of para-hydroxylation sites is 1. The zero-order chi connectivity index (χ0) is 28.9. The molecule has 3 aromatic rings. The lowest BCUT2D eigenvalue weighted by atomic mass is 9.91. The van der Waals surface area contributed by atoms with Crippen LogP contribution in [0.4, 0.5) is 10.1 Å². The first-order chi connectivity index (χ1) is 19.9. The van der Waals surface area contributed by atoms with Gasteiger partial charge < -0.3 is 10.6 Å². The van der Waals surface area contributed by atoms with Crippen LogP contribution in [0.5, 0.6) is 0 Å². The van der Waals surface area contributed by atoms with Crippen LogP contribution < -0.4 is 32.5 Å². The van der Waals surface area contributed by atoms with Gasteiger partial charge in [-0.2, -0.15) is 4.39 Å². The largest absolute Gasteiger partial charge is 0.367 e. The minimum Gasteiger partial charge on any atom is -0.367 e. The number of anilines is 1. The van der Waals surface area contributed by atoms with Crippen molar-refractivity contribution >= 4 is 17.2 Å². The van der Waals surface area contributed by atoms with Gasteiger partial charge in [0.15, 0.2) is 0 Å². The molecular formula is C32H36FN7O. The topological polar surface area (TPSA) is 99.6 Å². The molecule has 5 rings (SSSR count). The first kappa shape index (κ1) is 28.0. The van der Waals surface area contributed by atoms with Gasteiger partial charge >= 0.3 is 0 Å². The third kappa shape index (κ3) is 5.99. The van der Waals surface area contributed by atoms with Crippen LogP contribution >= 0.6 is 0 Å². The fourth-order valence-electron chi connectivity index (χ4n) is 5.52. The summed E-state index contributed by atoms with van der Waals surface area (Å²) < 4.78 is 17.0. The van der Waals surface area contributed by atoms with Crippen LogP contribution in [-0.4, -0.2) is 20.9 Å². The summed E-state index contributed by atoms with van der Waals surface area (Å²) in [6.45, 7) is 5.66. The Bertz CT molecular complexity index is 1730. The Kier molecular flexibility index (Phi) is 8.42. The Hall–Kier alpha value is -4.53. The molecule has 212 valence electrons. The molecule has 0 spiro atoms. The fourth-order valence-corrected chi connectivity index (χ4v) is 5.52. The summed E-state index contributed by atoms with van der Waals surface area (Å²) >= 11 is 0. The SMILES string of the molecule is C=C(F)/N=C(\C=C/CC)c1ccc(CN/C(Nc2ccccc2)=c2/c(=O)n(C)c3n(c2=N)[C@H]2CCCC[C@H]2N=3)cc1. The molecule has 1 aliphatic carbocycles. The van der Waals surface area contributed by atoms with Crippen LogP contribution in [0.25, 0.3) is 5.82 Å². The van der Waals surface area contributed by atoms with Gasteiger partial charge in [0, 0.05) is 24.8 Å². The first-order valence-electron chi connectivity index (χ1n) is 14.1. The van der Waals surface area contributed by atoms with Crippen LogP contribution in [0.15, 0.2) is 94.1 Å². The van der Waals surface area contributed by atoms with Crippen LogP contribution in [0.1, 0.15) is 56.2 Å². The molecule has 2 aliphatic rings. The van der Waals surface area contributed by atoms with Gasteiger partial charge in [-0.3, -0.25) is 19.3 Å². The first-order valence-corrected chi connectivity index (χ1v) is 14.1. The van der Waals surface area contributed by atoms with E-state index in [1.54, 1.807) is 17.7 Å². The number of halogens is 1. The van der Waals surface area contributed by atoms with Crippen molar-refractivity contribution in [1.29, 1.82) is 5.41 Å². The maximum absolute atomic E-state index is 13.7. The molecule has 2 atom stereocenters. The van der Waals surface area contributed by atoms with Crippen LogP contribution in [0.2, 0.25) is 0 Å². The summed E-state index contributed by atoms with van der Waals surface area (Å²) in [5.74, 6) is -0.285. The van der Waals surface area contributed by atoms with Gasteiger partial charge in [-0.25, -0.2) is 9.98 Å². The fraction of sp³-hybridized carbons (Fsp3) is 0.312. The van der Waals surface area contributed by atoms with E-state index in [4.69, 9.17) is 4.99 Å². The van der Waals surface area contributed by atoms with Crippen molar-refractivity contribution in [3.63, 3.8) is 0 Å². The Balaban J connectivity index is 1.54. The van der Waals surface area contributed by atoms with E-state index in [9.17, 15) is 14.6 Å². The van der Waals surface area contributed by atoms with Gasteiger partial charge in [0.2, 0.25) is 11.6 Å². The normalized spacial score (nSPS) is 18.9. The van der Waals surface area contributed by atoms with Crippen LogP contribution in [-0.2, 0) is 13.6 Å². The smallest absolute Gasteiger partial charge is 0.267 e. The number of rotatable bonds is 9. The van der Waals surface area contributed by atoms with Gasteiger partial charge in [-0.15, -0.1) is 0 Å². The molecule has 3 N–H and O–H groups in total. The van der Waals surface area contributed by atoms with E-state index < -0.39 is 5.95 Å². The minimum absolute atomic E-state index is 0.0975. The maximum Gasteiger partial charge on any atom is 0.267 e.